The van der Waals surface area contributed by atoms with Gasteiger partial charge in [-0.05, 0) is 0 Å². The largest absolute Gasteiger partial charge is 0.478 e. The van der Waals surface area contributed by atoms with Crippen molar-refractivity contribution in [3.63, 3.8) is 0 Å². The van der Waals surface area contributed by atoms with Crippen molar-refractivity contribution in [2.45, 2.75) is 13.8 Å². The van der Waals surface area contributed by atoms with Crippen LogP contribution in [0.1, 0.15) is 13.8 Å². The topological polar surface area (TPSA) is 54.4 Å². The lowest BCUT2D eigenvalue weighted by Gasteiger charge is -1.78. The number of aldehydes is 1. The maximum atomic E-state index is 9.50. The van der Waals surface area contributed by atoms with Crippen LogP contribution in [-0.4, -0.2) is 17.4 Å². The first-order valence-electron chi connectivity index (χ1n) is 2.85. The van der Waals surface area contributed by atoms with Crippen molar-refractivity contribution >= 4 is 12.3 Å². The van der Waals surface area contributed by atoms with Crippen molar-refractivity contribution in [1.29, 1.82) is 0 Å². The highest BCUT2D eigenvalue weighted by molar-refractivity contribution is 5.78. The molecule has 3 heteroatoms. The van der Waals surface area contributed by atoms with Gasteiger partial charge in [-0.1, -0.05) is 20.4 Å². The Hall–Kier alpha value is -1.12. The minimum absolute atomic E-state index is 0.204. The zero-order valence-corrected chi connectivity index (χ0v) is 6.20. The van der Waals surface area contributed by atoms with E-state index in [9.17, 15) is 9.59 Å². The van der Waals surface area contributed by atoms with Gasteiger partial charge in [0.25, 0.3) is 0 Å². The van der Waals surface area contributed by atoms with Gasteiger partial charge in [-0.3, -0.25) is 0 Å². The highest BCUT2D eigenvalue weighted by Gasteiger charge is 1.79. The van der Waals surface area contributed by atoms with E-state index in [-0.39, 0.29) is 5.92 Å². The molecular weight excluding hydrogens is 132 g/mol. The number of carboxylic acid groups (broad SMARTS) is 1. The molecule has 1 N–H and O–H groups in total. The van der Waals surface area contributed by atoms with Crippen molar-refractivity contribution in [3.05, 3.63) is 12.7 Å². The fourth-order valence-electron chi connectivity index (χ4n) is 0. The first-order valence-corrected chi connectivity index (χ1v) is 2.85. The Kier molecular flexibility index (Phi) is 9.18. The van der Waals surface area contributed by atoms with Crippen LogP contribution in [0.3, 0.4) is 0 Å². The predicted molar refractivity (Wildman–Crippen MR) is 38.7 cm³/mol. The van der Waals surface area contributed by atoms with E-state index in [1.54, 1.807) is 0 Å². The molecule has 0 aromatic heterocycles. The number of hydrogen-bond donors (Lipinski definition) is 1. The van der Waals surface area contributed by atoms with Crippen molar-refractivity contribution in [1.82, 2.24) is 0 Å². The van der Waals surface area contributed by atoms with E-state index in [2.05, 4.69) is 6.58 Å². The Morgan fingerprint density at radius 3 is 1.80 bits per heavy atom. The molecule has 0 unspecified atom stereocenters. The average Bonchev–Trinajstić information content (AvgIpc) is 1.89. The summed E-state index contributed by atoms with van der Waals surface area (Å²) in [5.41, 5.74) is 0. The molecule has 0 heterocycles. The molecule has 0 spiro atoms. The zero-order valence-electron chi connectivity index (χ0n) is 6.20. The van der Waals surface area contributed by atoms with Crippen molar-refractivity contribution in [2.24, 2.45) is 5.92 Å². The second-order valence-electron chi connectivity index (χ2n) is 1.92. The number of carboxylic acids is 1. The van der Waals surface area contributed by atoms with Crippen LogP contribution in [0.25, 0.3) is 0 Å². The Morgan fingerprint density at radius 2 is 1.80 bits per heavy atom. The molecule has 0 saturated heterocycles. The molecule has 0 aliphatic rings. The van der Waals surface area contributed by atoms with Gasteiger partial charge < -0.3 is 9.90 Å². The lowest BCUT2D eigenvalue weighted by atomic mass is 10.3. The van der Waals surface area contributed by atoms with Crippen LogP contribution in [-0.2, 0) is 9.59 Å². The van der Waals surface area contributed by atoms with Gasteiger partial charge >= 0.3 is 5.97 Å². The van der Waals surface area contributed by atoms with E-state index in [0.717, 1.165) is 12.4 Å². The summed E-state index contributed by atoms with van der Waals surface area (Å²) >= 11 is 0. The standard InChI is InChI=1S/C4H8O.C3H4O2/c1-4(2)3-5;1-2-3(4)5/h3-4H,1-2H3;2H,1H2,(H,4,5). The first-order chi connectivity index (χ1) is 4.54. The van der Waals surface area contributed by atoms with E-state index in [4.69, 9.17) is 5.11 Å². The summed E-state index contributed by atoms with van der Waals surface area (Å²) in [6.07, 6.45) is 1.75. The molecule has 0 saturated carbocycles. The Labute approximate surface area is 60.4 Å². The molecule has 0 atom stereocenters. The fraction of sp³-hybridized carbons (Fsp3) is 0.429. The van der Waals surface area contributed by atoms with E-state index >= 15 is 0 Å². The third-order valence-electron chi connectivity index (χ3n) is 0.447. The summed E-state index contributed by atoms with van der Waals surface area (Å²) in [4.78, 5) is 18.8. The van der Waals surface area contributed by atoms with Gasteiger partial charge in [-0.2, -0.15) is 0 Å². The van der Waals surface area contributed by atoms with Gasteiger partial charge in [0.1, 0.15) is 6.29 Å². The number of carbonyl (C=O) groups excluding carboxylic acids is 1. The highest BCUT2D eigenvalue weighted by Crippen LogP contribution is 1.78. The Balaban J connectivity index is 0. The van der Waals surface area contributed by atoms with E-state index in [1.165, 1.54) is 0 Å². The quantitative estimate of drug-likeness (QED) is 0.466. The Morgan fingerprint density at radius 1 is 1.60 bits per heavy atom. The lowest BCUT2D eigenvalue weighted by Crippen LogP contribution is -1.82. The van der Waals surface area contributed by atoms with Gasteiger partial charge in [0, 0.05) is 12.0 Å². The van der Waals surface area contributed by atoms with Crippen LogP contribution in [0.15, 0.2) is 12.7 Å². The number of carbonyl (C=O) groups is 2. The second-order valence-corrected chi connectivity index (χ2v) is 1.92. The number of hydrogen-bond acceptors (Lipinski definition) is 2. The molecular formula is C7H12O3. The molecule has 10 heavy (non-hydrogen) atoms. The molecule has 3 nitrogen and oxygen atoms in total. The zero-order chi connectivity index (χ0) is 8.57. The summed E-state index contributed by atoms with van der Waals surface area (Å²) in [5, 5.41) is 7.60. The Bertz CT molecular complexity index is 116. The maximum Gasteiger partial charge on any atom is 0.327 e. The average molecular weight is 144 g/mol. The first kappa shape index (κ1) is 11.6. The molecule has 0 aliphatic heterocycles. The van der Waals surface area contributed by atoms with E-state index in [0.29, 0.717) is 0 Å². The molecule has 0 fully saturated rings. The molecule has 0 aromatic carbocycles. The van der Waals surface area contributed by atoms with Crippen LogP contribution < -0.4 is 0 Å². The predicted octanol–water partition coefficient (Wildman–Crippen LogP) is 1.10. The molecule has 0 bridgehead atoms. The summed E-state index contributed by atoms with van der Waals surface area (Å²) < 4.78 is 0. The van der Waals surface area contributed by atoms with E-state index in [1.807, 2.05) is 13.8 Å². The second kappa shape index (κ2) is 7.88. The van der Waals surface area contributed by atoms with Crippen LogP contribution in [0.4, 0.5) is 0 Å². The molecule has 0 amide bonds. The van der Waals surface area contributed by atoms with Gasteiger partial charge in [0.15, 0.2) is 0 Å². The number of aliphatic carboxylic acids is 1. The molecule has 0 rings (SSSR count). The smallest absolute Gasteiger partial charge is 0.327 e. The minimum Gasteiger partial charge on any atom is -0.478 e. The third-order valence-corrected chi connectivity index (χ3v) is 0.447. The highest BCUT2D eigenvalue weighted by atomic mass is 16.4. The van der Waals surface area contributed by atoms with Crippen molar-refractivity contribution in [2.75, 3.05) is 0 Å². The van der Waals surface area contributed by atoms with Gasteiger partial charge in [-0.25, -0.2) is 4.79 Å². The molecule has 0 radical (unpaired) electrons. The summed E-state index contributed by atoms with van der Waals surface area (Å²) in [7, 11) is 0. The summed E-state index contributed by atoms with van der Waals surface area (Å²) in [5.74, 6) is -0.778. The third kappa shape index (κ3) is 28.7. The van der Waals surface area contributed by atoms with Crippen LogP contribution in [0, 0.1) is 5.92 Å². The minimum atomic E-state index is -0.981. The molecule has 0 aromatic rings. The molecule has 0 aliphatic carbocycles. The van der Waals surface area contributed by atoms with Crippen molar-refractivity contribution < 1.29 is 14.7 Å². The summed E-state index contributed by atoms with van der Waals surface area (Å²) in [6, 6.07) is 0. The van der Waals surface area contributed by atoms with Crippen molar-refractivity contribution in [3.8, 4) is 0 Å². The SMILES string of the molecule is C=CC(=O)O.CC(C)C=O. The molecule has 58 valence electrons. The van der Waals surface area contributed by atoms with Gasteiger partial charge in [-0.15, -0.1) is 0 Å². The van der Waals surface area contributed by atoms with Crippen LogP contribution >= 0.6 is 0 Å². The van der Waals surface area contributed by atoms with E-state index < -0.39 is 5.97 Å². The fourth-order valence-corrected chi connectivity index (χ4v) is 0. The maximum absolute atomic E-state index is 9.50. The number of rotatable bonds is 2. The van der Waals surface area contributed by atoms with Crippen LogP contribution in [0.2, 0.25) is 0 Å². The van der Waals surface area contributed by atoms with Gasteiger partial charge in [0.05, 0.1) is 0 Å². The monoisotopic (exact) mass is 144 g/mol. The summed E-state index contributed by atoms with van der Waals surface area (Å²) in [6.45, 7) is 6.67. The van der Waals surface area contributed by atoms with Crippen LogP contribution in [0.5, 0.6) is 0 Å². The lowest BCUT2D eigenvalue weighted by molar-refractivity contribution is -0.131. The van der Waals surface area contributed by atoms with Gasteiger partial charge in [0.2, 0.25) is 0 Å². The normalized spacial score (nSPS) is 7.50.